The summed E-state index contributed by atoms with van der Waals surface area (Å²) < 4.78 is 4.98. The monoisotopic (exact) mass is 465 g/mol. The van der Waals surface area contributed by atoms with Gasteiger partial charge in [0, 0.05) is 16.7 Å². The van der Waals surface area contributed by atoms with E-state index >= 15 is 0 Å². The van der Waals surface area contributed by atoms with E-state index in [1.165, 1.54) is 0 Å². The fourth-order valence-electron chi connectivity index (χ4n) is 2.91. The zero-order valence-electron chi connectivity index (χ0n) is 19.1. The van der Waals surface area contributed by atoms with E-state index in [0.717, 1.165) is 11.1 Å². The molecule has 0 saturated carbocycles. The Hall–Kier alpha value is -4.65. The molecule has 0 bridgehead atoms. The van der Waals surface area contributed by atoms with Crippen molar-refractivity contribution in [3.63, 3.8) is 0 Å². The van der Waals surface area contributed by atoms with Crippen LogP contribution in [0.3, 0.4) is 0 Å². The molecule has 174 valence electrons. The van der Waals surface area contributed by atoms with Gasteiger partial charge in [-0.3, -0.25) is 9.59 Å². The first kappa shape index (κ1) is 25.0. The largest absolute Gasteiger partial charge is 0.454 e. The molecule has 0 unspecified atom stereocenters. The Morgan fingerprint density at radius 2 is 1.40 bits per heavy atom. The van der Waals surface area contributed by atoms with Crippen LogP contribution in [0, 0.1) is 30.6 Å². The summed E-state index contributed by atoms with van der Waals surface area (Å²) in [6, 6.07) is 21.2. The lowest BCUT2D eigenvalue weighted by atomic mass is 10.1. The Kier molecular flexibility index (Phi) is 8.96. The van der Waals surface area contributed by atoms with Gasteiger partial charge in [0.05, 0.1) is 12.2 Å². The molecule has 6 nitrogen and oxygen atoms in total. The number of ketones is 1. The normalized spacial score (nSPS) is 10.6. The van der Waals surface area contributed by atoms with Crippen LogP contribution in [0.1, 0.15) is 37.4 Å². The first-order valence-electron chi connectivity index (χ1n) is 10.8. The van der Waals surface area contributed by atoms with Gasteiger partial charge in [0.2, 0.25) is 0 Å². The molecule has 3 aromatic rings. The fourth-order valence-corrected chi connectivity index (χ4v) is 2.91. The van der Waals surface area contributed by atoms with Gasteiger partial charge in [0.1, 0.15) is 6.04 Å². The maximum absolute atomic E-state index is 12.5. The number of carbonyl (C=O) groups excluding carboxylic acids is 3. The van der Waals surface area contributed by atoms with E-state index in [0.29, 0.717) is 11.1 Å². The molecule has 1 atom stereocenters. The molecule has 0 saturated heterocycles. The van der Waals surface area contributed by atoms with Gasteiger partial charge in [0.15, 0.2) is 12.4 Å². The van der Waals surface area contributed by atoms with Gasteiger partial charge in [-0.2, -0.15) is 0 Å². The fraction of sp³-hybridized carbons (Fsp3) is 0.138. The molecule has 0 aliphatic rings. The summed E-state index contributed by atoms with van der Waals surface area (Å²) in [5, 5.41) is 12.0. The maximum Gasteiger partial charge on any atom is 0.338 e. The number of aliphatic hydroxyl groups is 1. The Morgan fingerprint density at radius 3 is 1.97 bits per heavy atom. The quantitative estimate of drug-likeness (QED) is 0.414. The van der Waals surface area contributed by atoms with E-state index in [-0.39, 0.29) is 5.56 Å². The molecule has 0 aliphatic carbocycles. The number of benzene rings is 3. The molecule has 0 fully saturated rings. The number of Topliss-reactive ketones (excluding diaryl/α,β-unsaturated/α-hetero) is 1. The molecule has 6 heteroatoms. The van der Waals surface area contributed by atoms with Crippen LogP contribution in [-0.2, 0) is 9.53 Å². The van der Waals surface area contributed by atoms with Gasteiger partial charge in [-0.25, -0.2) is 4.79 Å². The van der Waals surface area contributed by atoms with E-state index in [2.05, 4.69) is 29.0 Å². The first-order valence-corrected chi connectivity index (χ1v) is 10.8. The van der Waals surface area contributed by atoms with Gasteiger partial charge in [-0.15, -0.1) is 0 Å². The maximum atomic E-state index is 12.5. The number of ether oxygens (including phenoxy) is 1. The standard InChI is InChI=1S/C29H23NO5/c1-21-11-13-22(14-12-21)7-5-6-8-23-15-17-24(18-16-23)28(33)30-26(19-31)27(32)20-35-29(34)25-9-3-2-4-10-25/h2-4,9-18,26,31H,19-20H2,1H3,(H,30,33)/t26-/m1/s1. The number of amides is 1. The SMILES string of the molecule is Cc1ccc(C#CC#Cc2ccc(C(=O)N[C@H](CO)C(=O)COC(=O)c3ccccc3)cc2)cc1. The average Bonchev–Trinajstić information content (AvgIpc) is 2.89. The molecule has 35 heavy (non-hydrogen) atoms. The smallest absolute Gasteiger partial charge is 0.338 e. The number of nitrogens with one attached hydrogen (secondary N) is 1. The van der Waals surface area contributed by atoms with Crippen molar-refractivity contribution in [3.05, 3.63) is 107 Å². The summed E-state index contributed by atoms with van der Waals surface area (Å²) in [4.78, 5) is 36.8. The number of aryl methyl sites for hydroxylation is 1. The minimum absolute atomic E-state index is 0.286. The molecule has 0 radical (unpaired) electrons. The van der Waals surface area contributed by atoms with E-state index in [1.54, 1.807) is 54.6 Å². The number of aliphatic hydroxyl groups excluding tert-OH is 1. The number of esters is 1. The van der Waals surface area contributed by atoms with Crippen LogP contribution in [0.5, 0.6) is 0 Å². The average molecular weight is 466 g/mol. The first-order chi connectivity index (χ1) is 17.0. The van der Waals surface area contributed by atoms with Crippen LogP contribution in [0.25, 0.3) is 0 Å². The van der Waals surface area contributed by atoms with Crippen molar-refractivity contribution in [2.75, 3.05) is 13.2 Å². The highest BCUT2D eigenvalue weighted by Gasteiger charge is 2.22. The number of hydrogen-bond donors (Lipinski definition) is 2. The van der Waals surface area contributed by atoms with Crippen molar-refractivity contribution in [1.29, 1.82) is 0 Å². The highest BCUT2D eigenvalue weighted by molar-refractivity contribution is 5.99. The van der Waals surface area contributed by atoms with Gasteiger partial charge in [-0.1, -0.05) is 47.7 Å². The zero-order chi connectivity index (χ0) is 25.0. The predicted molar refractivity (Wildman–Crippen MR) is 131 cm³/mol. The number of hydrogen-bond acceptors (Lipinski definition) is 5. The second kappa shape index (κ2) is 12.6. The van der Waals surface area contributed by atoms with Crippen molar-refractivity contribution in [1.82, 2.24) is 5.32 Å². The minimum Gasteiger partial charge on any atom is -0.454 e. The highest BCUT2D eigenvalue weighted by atomic mass is 16.5. The van der Waals surface area contributed by atoms with Crippen LogP contribution in [0.4, 0.5) is 0 Å². The molecule has 3 aromatic carbocycles. The molecule has 0 spiro atoms. The molecule has 0 heterocycles. The third kappa shape index (κ3) is 7.71. The summed E-state index contributed by atoms with van der Waals surface area (Å²) in [6.07, 6.45) is 0. The summed E-state index contributed by atoms with van der Waals surface area (Å²) in [7, 11) is 0. The van der Waals surface area contributed by atoms with Crippen molar-refractivity contribution in [2.45, 2.75) is 13.0 Å². The molecule has 2 N–H and O–H groups in total. The predicted octanol–water partition coefficient (Wildman–Crippen LogP) is 2.92. The number of rotatable bonds is 7. The van der Waals surface area contributed by atoms with Crippen LogP contribution in [-0.4, -0.2) is 42.0 Å². The van der Waals surface area contributed by atoms with Crippen LogP contribution >= 0.6 is 0 Å². The Labute approximate surface area is 204 Å². The third-order valence-electron chi connectivity index (χ3n) is 4.91. The molecular formula is C29H23NO5. The lowest BCUT2D eigenvalue weighted by Gasteiger charge is -2.15. The van der Waals surface area contributed by atoms with Crippen molar-refractivity contribution in [3.8, 4) is 23.7 Å². The van der Waals surface area contributed by atoms with Crippen molar-refractivity contribution in [2.24, 2.45) is 0 Å². The second-order valence-corrected chi connectivity index (χ2v) is 7.56. The van der Waals surface area contributed by atoms with Gasteiger partial charge >= 0.3 is 5.97 Å². The number of carbonyl (C=O) groups is 3. The second-order valence-electron chi connectivity index (χ2n) is 7.56. The lowest BCUT2D eigenvalue weighted by Crippen LogP contribution is -2.45. The topological polar surface area (TPSA) is 92.7 Å². The Bertz CT molecular complexity index is 1310. The Morgan fingerprint density at radius 1 is 0.829 bits per heavy atom. The van der Waals surface area contributed by atoms with Gasteiger partial charge in [0.25, 0.3) is 5.91 Å². The Balaban J connectivity index is 1.53. The summed E-state index contributed by atoms with van der Waals surface area (Å²) in [5.74, 6) is 9.59. The molecular weight excluding hydrogens is 442 g/mol. The van der Waals surface area contributed by atoms with Gasteiger partial charge < -0.3 is 15.2 Å². The van der Waals surface area contributed by atoms with E-state index in [9.17, 15) is 19.5 Å². The summed E-state index contributed by atoms with van der Waals surface area (Å²) in [6.45, 7) is 0.806. The van der Waals surface area contributed by atoms with Crippen LogP contribution in [0.15, 0.2) is 78.9 Å². The zero-order valence-corrected chi connectivity index (χ0v) is 19.1. The van der Waals surface area contributed by atoms with E-state index in [1.807, 2.05) is 31.2 Å². The third-order valence-corrected chi connectivity index (χ3v) is 4.91. The molecule has 3 rings (SSSR count). The lowest BCUT2D eigenvalue weighted by molar-refractivity contribution is -0.124. The summed E-state index contributed by atoms with van der Waals surface area (Å²) in [5.41, 5.74) is 3.29. The van der Waals surface area contributed by atoms with Crippen molar-refractivity contribution >= 4 is 17.7 Å². The molecule has 0 aliphatic heterocycles. The molecule has 0 aromatic heterocycles. The summed E-state index contributed by atoms with van der Waals surface area (Å²) >= 11 is 0. The van der Waals surface area contributed by atoms with Crippen molar-refractivity contribution < 1.29 is 24.2 Å². The molecule has 1 amide bonds. The van der Waals surface area contributed by atoms with Crippen LogP contribution < -0.4 is 5.32 Å². The van der Waals surface area contributed by atoms with Gasteiger partial charge in [-0.05, 0) is 67.3 Å². The van der Waals surface area contributed by atoms with E-state index in [4.69, 9.17) is 4.74 Å². The van der Waals surface area contributed by atoms with Crippen LogP contribution in [0.2, 0.25) is 0 Å². The van der Waals surface area contributed by atoms with E-state index < -0.39 is 36.9 Å². The minimum atomic E-state index is -1.21. The highest BCUT2D eigenvalue weighted by Crippen LogP contribution is 2.05.